The molecule has 20 heavy (non-hydrogen) atoms. The van der Waals surface area contributed by atoms with Crippen LogP contribution in [0.25, 0.3) is 0 Å². The predicted molar refractivity (Wildman–Crippen MR) is 87.0 cm³/mol. The topological polar surface area (TPSA) is 9.23 Å². The number of ether oxygens (including phenoxy) is 1. The number of aryl methyl sites for hydroxylation is 1. The van der Waals surface area contributed by atoms with Gasteiger partial charge in [-0.3, -0.25) is 0 Å². The van der Waals surface area contributed by atoms with Gasteiger partial charge in [-0.1, -0.05) is 39.8 Å². The van der Waals surface area contributed by atoms with Crippen molar-refractivity contribution in [2.24, 2.45) is 5.41 Å². The van der Waals surface area contributed by atoms with Gasteiger partial charge >= 0.3 is 0 Å². The van der Waals surface area contributed by atoms with E-state index >= 15 is 0 Å². The van der Waals surface area contributed by atoms with Crippen molar-refractivity contribution in [3.05, 3.63) is 29.3 Å². The number of hydrogen-bond acceptors (Lipinski definition) is 1. The third-order valence-electron chi connectivity index (χ3n) is 5.15. The zero-order valence-corrected chi connectivity index (χ0v) is 14.1. The summed E-state index contributed by atoms with van der Waals surface area (Å²) >= 11 is 6.47. The number of alkyl halides is 1. The quantitative estimate of drug-likeness (QED) is 0.635. The van der Waals surface area contributed by atoms with E-state index in [9.17, 15) is 0 Å². The zero-order valence-electron chi connectivity index (χ0n) is 13.4. The summed E-state index contributed by atoms with van der Waals surface area (Å²) < 4.78 is 6.36. The zero-order chi connectivity index (χ0) is 14.9. The molecule has 0 bridgehead atoms. The molecule has 2 rings (SSSR count). The smallest absolute Gasteiger partial charge is 0.122 e. The summed E-state index contributed by atoms with van der Waals surface area (Å²) in [7, 11) is 0. The highest BCUT2D eigenvalue weighted by Crippen LogP contribution is 2.52. The van der Waals surface area contributed by atoms with Crippen molar-refractivity contribution in [2.75, 3.05) is 0 Å². The molecule has 0 heterocycles. The summed E-state index contributed by atoms with van der Waals surface area (Å²) in [4.78, 5) is 0. The molecule has 0 saturated heterocycles. The van der Waals surface area contributed by atoms with Gasteiger partial charge in [0, 0.05) is 17.2 Å². The van der Waals surface area contributed by atoms with Crippen LogP contribution in [0.3, 0.4) is 0 Å². The molecule has 0 amide bonds. The molecular formula is C18H27ClO. The summed E-state index contributed by atoms with van der Waals surface area (Å²) in [6.07, 6.45) is 3.41. The van der Waals surface area contributed by atoms with Crippen molar-refractivity contribution < 1.29 is 4.74 Å². The highest BCUT2D eigenvalue weighted by atomic mass is 35.5. The number of hydrogen-bond donors (Lipinski definition) is 0. The fourth-order valence-electron chi connectivity index (χ4n) is 3.27. The summed E-state index contributed by atoms with van der Waals surface area (Å²) in [6, 6.07) is 6.57. The average molecular weight is 295 g/mol. The summed E-state index contributed by atoms with van der Waals surface area (Å²) in [5, 5.41) is 0.260. The maximum Gasteiger partial charge on any atom is 0.122 e. The molecule has 1 fully saturated rings. The van der Waals surface area contributed by atoms with Crippen molar-refractivity contribution in [3.8, 4) is 5.75 Å². The Balaban J connectivity index is 2.20. The Morgan fingerprint density at radius 1 is 1.30 bits per heavy atom. The number of benzene rings is 1. The van der Waals surface area contributed by atoms with Crippen LogP contribution in [0.1, 0.15) is 64.0 Å². The molecule has 0 spiro atoms. The predicted octanol–water partition coefficient (Wildman–Crippen LogP) is 5.68. The lowest BCUT2D eigenvalue weighted by Crippen LogP contribution is -2.56. The number of halogens is 1. The molecule has 1 aliphatic rings. The van der Waals surface area contributed by atoms with Gasteiger partial charge in [0.2, 0.25) is 0 Å². The van der Waals surface area contributed by atoms with E-state index in [4.69, 9.17) is 16.3 Å². The van der Waals surface area contributed by atoms with E-state index in [0.717, 1.165) is 25.0 Å². The van der Waals surface area contributed by atoms with E-state index in [1.54, 1.807) is 0 Å². The van der Waals surface area contributed by atoms with Crippen LogP contribution >= 0.6 is 11.6 Å². The van der Waals surface area contributed by atoms with Crippen LogP contribution in [-0.2, 0) is 0 Å². The Hall–Kier alpha value is -0.690. The fourth-order valence-corrected chi connectivity index (χ4v) is 3.88. The minimum atomic E-state index is 0.155. The first-order chi connectivity index (χ1) is 9.44. The fraction of sp³-hybridized carbons (Fsp3) is 0.667. The largest absolute Gasteiger partial charge is 0.489 e. The van der Waals surface area contributed by atoms with Crippen LogP contribution in [0.4, 0.5) is 0 Å². The van der Waals surface area contributed by atoms with Gasteiger partial charge in [-0.25, -0.2) is 0 Å². The van der Waals surface area contributed by atoms with Gasteiger partial charge in [0.1, 0.15) is 11.9 Å². The van der Waals surface area contributed by atoms with Crippen LogP contribution in [0.15, 0.2) is 18.2 Å². The minimum Gasteiger partial charge on any atom is -0.489 e. The van der Waals surface area contributed by atoms with Gasteiger partial charge in [0.15, 0.2) is 0 Å². The molecule has 1 aliphatic carbocycles. The van der Waals surface area contributed by atoms with E-state index < -0.39 is 0 Å². The van der Waals surface area contributed by atoms with Crippen molar-refractivity contribution in [1.82, 2.24) is 0 Å². The van der Waals surface area contributed by atoms with Crippen LogP contribution < -0.4 is 4.74 Å². The Kier molecular flexibility index (Phi) is 4.69. The Labute approximate surface area is 128 Å². The Morgan fingerprint density at radius 2 is 1.95 bits per heavy atom. The Morgan fingerprint density at radius 3 is 2.45 bits per heavy atom. The minimum absolute atomic E-state index is 0.155. The van der Waals surface area contributed by atoms with E-state index in [2.05, 4.69) is 52.8 Å². The first kappa shape index (κ1) is 15.7. The molecule has 0 aliphatic heterocycles. The molecular weight excluding hydrogens is 268 g/mol. The van der Waals surface area contributed by atoms with E-state index in [1.807, 2.05) is 0 Å². The molecule has 2 unspecified atom stereocenters. The first-order valence-corrected chi connectivity index (χ1v) is 8.29. The van der Waals surface area contributed by atoms with Crippen molar-refractivity contribution in [3.63, 3.8) is 0 Å². The molecule has 2 heteroatoms. The molecule has 0 aromatic heterocycles. The van der Waals surface area contributed by atoms with Crippen LogP contribution in [0.2, 0.25) is 0 Å². The molecule has 1 saturated carbocycles. The molecule has 1 aromatic rings. The molecule has 112 valence electrons. The molecule has 2 atom stereocenters. The second-order valence-electron chi connectivity index (χ2n) is 6.43. The van der Waals surface area contributed by atoms with Crippen molar-refractivity contribution in [1.29, 1.82) is 0 Å². The lowest BCUT2D eigenvalue weighted by atomic mass is 9.62. The second-order valence-corrected chi connectivity index (χ2v) is 6.96. The summed E-state index contributed by atoms with van der Waals surface area (Å²) in [6.45, 7) is 11.0. The van der Waals surface area contributed by atoms with Gasteiger partial charge < -0.3 is 4.74 Å². The van der Waals surface area contributed by atoms with Crippen LogP contribution in [-0.4, -0.2) is 11.5 Å². The second kappa shape index (κ2) is 5.97. The molecule has 0 N–H and O–H groups in total. The maximum atomic E-state index is 6.47. The molecule has 0 radical (unpaired) electrons. The summed E-state index contributed by atoms with van der Waals surface area (Å²) in [5.74, 6) is 1.57. The average Bonchev–Trinajstić information content (AvgIpc) is 2.41. The highest BCUT2D eigenvalue weighted by molar-refractivity contribution is 6.21. The highest BCUT2D eigenvalue weighted by Gasteiger charge is 2.53. The van der Waals surface area contributed by atoms with Gasteiger partial charge in [-0.05, 0) is 42.9 Å². The monoisotopic (exact) mass is 294 g/mol. The van der Waals surface area contributed by atoms with E-state index in [-0.39, 0.29) is 16.9 Å². The van der Waals surface area contributed by atoms with Crippen molar-refractivity contribution in [2.45, 2.75) is 71.3 Å². The summed E-state index contributed by atoms with van der Waals surface area (Å²) in [5.41, 5.74) is 2.71. The lowest BCUT2D eigenvalue weighted by Gasteiger charge is -2.52. The standard InChI is InChI=1S/C18H27ClO/c1-6-18(7-2)16(19)11-17(18)20-15-10-14(12(3)4)9-8-13(15)5/h8-10,12,16-17H,6-7,11H2,1-5H3. The van der Waals surface area contributed by atoms with E-state index in [1.165, 1.54) is 11.1 Å². The Bertz CT molecular complexity index is 462. The van der Waals surface area contributed by atoms with Crippen LogP contribution in [0, 0.1) is 12.3 Å². The van der Waals surface area contributed by atoms with E-state index in [0.29, 0.717) is 5.92 Å². The van der Waals surface area contributed by atoms with Crippen LogP contribution in [0.5, 0.6) is 5.75 Å². The first-order valence-electron chi connectivity index (χ1n) is 7.85. The number of rotatable bonds is 5. The maximum absolute atomic E-state index is 6.47. The third-order valence-corrected chi connectivity index (χ3v) is 5.76. The SMILES string of the molecule is CCC1(CC)C(Cl)CC1Oc1cc(C(C)C)ccc1C. The van der Waals surface area contributed by atoms with Crippen molar-refractivity contribution >= 4 is 11.6 Å². The third kappa shape index (κ3) is 2.57. The van der Waals surface area contributed by atoms with Gasteiger partial charge in [0.05, 0.1) is 0 Å². The molecule has 1 nitrogen and oxygen atoms in total. The lowest BCUT2D eigenvalue weighted by molar-refractivity contribution is -0.0465. The van der Waals surface area contributed by atoms with Gasteiger partial charge in [0.25, 0.3) is 0 Å². The van der Waals surface area contributed by atoms with Gasteiger partial charge in [-0.2, -0.15) is 0 Å². The normalized spacial score (nSPS) is 24.6. The molecule has 1 aromatic carbocycles. The van der Waals surface area contributed by atoms with Gasteiger partial charge in [-0.15, -0.1) is 11.6 Å².